The van der Waals surface area contributed by atoms with Gasteiger partial charge in [0.2, 0.25) is 11.8 Å². The Morgan fingerprint density at radius 3 is 2.37 bits per heavy atom. The van der Waals surface area contributed by atoms with E-state index in [1.54, 1.807) is 17.0 Å². The number of aliphatic imine (C=N–C) groups is 1. The maximum Gasteiger partial charge on any atom is 0.499 e. The molecule has 5 rings (SSSR count). The number of amidine groups is 1. The summed E-state index contributed by atoms with van der Waals surface area (Å²) in [4.78, 5) is 35.7. The van der Waals surface area contributed by atoms with Crippen molar-refractivity contribution in [2.24, 2.45) is 4.99 Å². The summed E-state index contributed by atoms with van der Waals surface area (Å²) in [7, 11) is 0. The first kappa shape index (κ1) is 32.8. The van der Waals surface area contributed by atoms with Crippen molar-refractivity contribution in [2.45, 2.75) is 51.8 Å². The van der Waals surface area contributed by atoms with Crippen LogP contribution in [0.25, 0.3) is 17.1 Å². The molecule has 1 aliphatic heterocycles. The van der Waals surface area contributed by atoms with E-state index >= 15 is 0 Å². The largest absolute Gasteiger partial charge is 0.499 e. The van der Waals surface area contributed by atoms with Crippen molar-refractivity contribution in [1.29, 1.82) is 0 Å². The van der Waals surface area contributed by atoms with E-state index in [4.69, 9.17) is 0 Å². The molecule has 2 amide bonds. The van der Waals surface area contributed by atoms with Gasteiger partial charge in [0, 0.05) is 12.0 Å². The molecule has 0 bridgehead atoms. The first-order valence-electron chi connectivity index (χ1n) is 14.1. The summed E-state index contributed by atoms with van der Waals surface area (Å²) in [6.45, 7) is 6.05. The lowest BCUT2D eigenvalue weighted by Crippen LogP contribution is -2.41. The molecule has 240 valence electrons. The van der Waals surface area contributed by atoms with E-state index in [0.717, 1.165) is 34.5 Å². The number of amides is 2. The van der Waals surface area contributed by atoms with Gasteiger partial charge < -0.3 is 4.74 Å². The van der Waals surface area contributed by atoms with Gasteiger partial charge in [-0.15, -0.1) is 5.10 Å². The molecule has 1 aliphatic rings. The van der Waals surface area contributed by atoms with E-state index in [1.807, 2.05) is 51.1 Å². The van der Waals surface area contributed by atoms with Crippen LogP contribution in [-0.4, -0.2) is 49.8 Å². The highest BCUT2D eigenvalue weighted by molar-refractivity contribution is 8.15. The lowest BCUT2D eigenvalue weighted by atomic mass is 9.99. The Labute approximate surface area is 265 Å². The average molecular weight is 658 g/mol. The molecule has 4 aromatic rings. The van der Waals surface area contributed by atoms with Gasteiger partial charge in [-0.05, 0) is 66.3 Å². The Morgan fingerprint density at radius 1 is 1.02 bits per heavy atom. The highest BCUT2D eigenvalue weighted by Crippen LogP contribution is 2.37. The molecular formula is C32H28F5N5O3S. The van der Waals surface area contributed by atoms with Crippen LogP contribution >= 0.6 is 11.8 Å². The minimum absolute atomic E-state index is 0.118. The number of carbonyl (C=O) groups excluding carboxylic acids is 2. The molecule has 1 fully saturated rings. The van der Waals surface area contributed by atoms with Crippen LogP contribution in [-0.2, 0) is 16.0 Å². The van der Waals surface area contributed by atoms with Crippen molar-refractivity contribution in [3.8, 4) is 22.8 Å². The summed E-state index contributed by atoms with van der Waals surface area (Å²) in [5, 5.41) is 4.72. The summed E-state index contributed by atoms with van der Waals surface area (Å²) >= 11 is 1.25. The Kier molecular flexibility index (Phi) is 9.29. The Hall–Kier alpha value is -4.59. The molecule has 8 nitrogen and oxygen atoms in total. The average Bonchev–Trinajstić information content (AvgIpc) is 3.63. The summed E-state index contributed by atoms with van der Waals surface area (Å²) in [5.41, 5.74) is 4.65. The normalized spacial score (nSPS) is 14.8. The van der Waals surface area contributed by atoms with Gasteiger partial charge in [0.25, 0.3) is 0 Å². The molecule has 0 saturated carbocycles. The van der Waals surface area contributed by atoms with Gasteiger partial charge in [-0.25, -0.2) is 9.67 Å². The Morgan fingerprint density at radius 2 is 1.72 bits per heavy atom. The third kappa shape index (κ3) is 7.27. The predicted octanol–water partition coefficient (Wildman–Crippen LogP) is 7.50. The van der Waals surface area contributed by atoms with Crippen molar-refractivity contribution in [2.75, 3.05) is 10.7 Å². The number of hydrogen-bond donors (Lipinski definition) is 0. The monoisotopic (exact) mass is 657 g/mol. The van der Waals surface area contributed by atoms with E-state index in [9.17, 15) is 31.5 Å². The molecule has 0 aliphatic carbocycles. The fourth-order valence-electron chi connectivity index (χ4n) is 4.64. The molecule has 1 aromatic heterocycles. The zero-order valence-electron chi connectivity index (χ0n) is 24.9. The summed E-state index contributed by atoms with van der Waals surface area (Å²) < 4.78 is 68.6. The van der Waals surface area contributed by atoms with Crippen molar-refractivity contribution in [1.82, 2.24) is 14.8 Å². The fraction of sp³-hybridized carbons (Fsp3) is 0.281. The first-order valence-corrected chi connectivity index (χ1v) is 15.1. The third-order valence-electron chi connectivity index (χ3n) is 7.04. The number of aromatic nitrogens is 3. The number of ether oxygens (including phenoxy) is 1. The molecule has 0 radical (unpaired) electrons. The van der Waals surface area contributed by atoms with E-state index in [0.29, 0.717) is 28.7 Å². The van der Waals surface area contributed by atoms with Gasteiger partial charge in [-0.3, -0.25) is 14.5 Å². The van der Waals surface area contributed by atoms with Crippen LogP contribution in [0.2, 0.25) is 0 Å². The molecule has 14 heteroatoms. The van der Waals surface area contributed by atoms with Gasteiger partial charge in [0.1, 0.15) is 12.1 Å². The van der Waals surface area contributed by atoms with E-state index in [-0.39, 0.29) is 29.9 Å². The zero-order valence-corrected chi connectivity index (χ0v) is 25.7. The number of thioether (sulfide) groups is 1. The van der Waals surface area contributed by atoms with Crippen molar-refractivity contribution in [3.05, 3.63) is 89.7 Å². The van der Waals surface area contributed by atoms with E-state index in [2.05, 4.69) is 19.8 Å². The Bertz CT molecular complexity index is 1770. The smallest absolute Gasteiger partial charge is 0.426 e. The highest BCUT2D eigenvalue weighted by atomic mass is 32.2. The maximum atomic E-state index is 13.1. The van der Waals surface area contributed by atoms with Crippen molar-refractivity contribution < 1.29 is 36.3 Å². The molecule has 2 heterocycles. The van der Waals surface area contributed by atoms with E-state index < -0.39 is 18.0 Å². The number of rotatable bonds is 9. The highest BCUT2D eigenvalue weighted by Gasteiger charge is 2.61. The molecule has 0 unspecified atom stereocenters. The number of hydrogen-bond acceptors (Lipinski definition) is 6. The van der Waals surface area contributed by atoms with Crippen molar-refractivity contribution in [3.63, 3.8) is 0 Å². The van der Waals surface area contributed by atoms with Crippen LogP contribution in [0.4, 0.5) is 27.6 Å². The minimum atomic E-state index is -5.84. The number of anilines is 1. The van der Waals surface area contributed by atoms with Crippen LogP contribution in [0.15, 0.2) is 78.0 Å². The van der Waals surface area contributed by atoms with Gasteiger partial charge >= 0.3 is 12.3 Å². The zero-order chi connectivity index (χ0) is 33.2. The second-order valence-electron chi connectivity index (χ2n) is 10.8. The lowest BCUT2D eigenvalue weighted by molar-refractivity contribution is -0.360. The molecular weight excluding hydrogens is 629 g/mol. The number of halogens is 5. The number of alkyl halides is 5. The number of aryl methyl sites for hydroxylation is 2. The molecule has 3 aromatic carbocycles. The van der Waals surface area contributed by atoms with E-state index in [1.165, 1.54) is 34.9 Å². The SMILES string of the molecule is Cc1ccc(C(C)C)c(N2C(=O)CSC2=NC(=O)CCc2ccc(-c3ncn(-c4ccc(OC(F)(F)C(F)(F)F)cc4)n3)cc2)c1. The standard InChI is InChI=1S/C32H28F5N5O3S/c1-19(2)25-14-4-20(3)16-26(25)42-28(44)17-46-30(42)39-27(43)15-7-21-5-8-22(9-6-21)29-38-18-41(40-29)23-10-12-24(13-11-23)45-32(36,37)31(33,34)35/h4-6,8-14,16,18-19H,7,15,17H2,1-3H3. The maximum absolute atomic E-state index is 13.1. The van der Waals surface area contributed by atoms with Crippen LogP contribution in [0.5, 0.6) is 5.75 Å². The predicted molar refractivity (Wildman–Crippen MR) is 164 cm³/mol. The number of carbonyl (C=O) groups is 2. The molecule has 46 heavy (non-hydrogen) atoms. The number of nitrogens with zero attached hydrogens (tertiary/aromatic N) is 5. The molecule has 0 N–H and O–H groups in total. The molecule has 1 saturated heterocycles. The summed E-state index contributed by atoms with van der Waals surface area (Å²) in [5.74, 6) is -0.387. The lowest BCUT2D eigenvalue weighted by Gasteiger charge is -2.22. The first-order chi connectivity index (χ1) is 21.7. The van der Waals surface area contributed by atoms with Crippen LogP contribution in [0, 0.1) is 6.92 Å². The van der Waals surface area contributed by atoms with Crippen LogP contribution < -0.4 is 9.64 Å². The molecule has 0 spiro atoms. The topological polar surface area (TPSA) is 89.7 Å². The fourth-order valence-corrected chi connectivity index (χ4v) is 5.52. The van der Waals surface area contributed by atoms with Crippen LogP contribution in [0.1, 0.15) is 42.9 Å². The Balaban J connectivity index is 1.21. The van der Waals surface area contributed by atoms with Gasteiger partial charge in [0.15, 0.2) is 11.0 Å². The van der Waals surface area contributed by atoms with Gasteiger partial charge in [0.05, 0.1) is 17.1 Å². The second kappa shape index (κ2) is 13.0. The quantitative estimate of drug-likeness (QED) is 0.173. The summed E-state index contributed by atoms with van der Waals surface area (Å²) in [6.07, 6.45) is -9.24. The van der Waals surface area contributed by atoms with Crippen LogP contribution in [0.3, 0.4) is 0 Å². The number of benzene rings is 3. The third-order valence-corrected chi connectivity index (χ3v) is 7.97. The van der Waals surface area contributed by atoms with Gasteiger partial charge in [-0.2, -0.15) is 26.9 Å². The summed E-state index contributed by atoms with van der Waals surface area (Å²) in [6, 6.07) is 17.6. The minimum Gasteiger partial charge on any atom is -0.426 e. The molecule has 0 atom stereocenters. The van der Waals surface area contributed by atoms with Gasteiger partial charge in [-0.1, -0.05) is 62.0 Å². The van der Waals surface area contributed by atoms with Crippen molar-refractivity contribution >= 4 is 34.4 Å². The second-order valence-corrected chi connectivity index (χ2v) is 11.8.